The van der Waals surface area contributed by atoms with E-state index in [1.54, 1.807) is 0 Å². The zero-order chi connectivity index (χ0) is 25.1. The minimum absolute atomic E-state index is 0.0626. The van der Waals surface area contributed by atoms with Gasteiger partial charge in [-0.25, -0.2) is 18.6 Å². The Labute approximate surface area is 208 Å². The third-order valence-electron chi connectivity index (χ3n) is 6.89. The van der Waals surface area contributed by atoms with E-state index in [9.17, 15) is 18.7 Å². The van der Waals surface area contributed by atoms with Crippen LogP contribution in [-0.2, 0) is 12.0 Å². The molecule has 0 aliphatic carbocycles. The number of benzene rings is 3. The Bertz CT molecular complexity index is 1280. The van der Waals surface area contributed by atoms with Gasteiger partial charge < -0.3 is 10.0 Å². The SMILES string of the molecule is O=C(N1CCCC[C@@H]1Cc1ccccc1)n1cnc(C(O)(c2ccc(F)cc2)c2ccc(F)cc2)c1. The number of likely N-dealkylation sites (tertiary alicyclic amines) is 1. The predicted molar refractivity (Wildman–Crippen MR) is 132 cm³/mol. The number of amides is 1. The molecule has 1 aliphatic heterocycles. The van der Waals surface area contributed by atoms with E-state index in [-0.39, 0.29) is 17.8 Å². The largest absolute Gasteiger partial charge is 0.374 e. The molecular weight excluding hydrogens is 460 g/mol. The van der Waals surface area contributed by atoms with Gasteiger partial charge in [-0.15, -0.1) is 0 Å². The van der Waals surface area contributed by atoms with E-state index in [2.05, 4.69) is 17.1 Å². The number of hydrogen-bond acceptors (Lipinski definition) is 3. The quantitative estimate of drug-likeness (QED) is 0.404. The maximum absolute atomic E-state index is 13.6. The molecule has 1 saturated heterocycles. The highest BCUT2D eigenvalue weighted by Gasteiger charge is 2.37. The third kappa shape index (κ3) is 4.66. The van der Waals surface area contributed by atoms with Crippen LogP contribution in [0.3, 0.4) is 0 Å². The normalized spacial score (nSPS) is 16.2. The highest BCUT2D eigenvalue weighted by molar-refractivity contribution is 5.77. The topological polar surface area (TPSA) is 58.4 Å². The Hall–Kier alpha value is -3.84. The molecule has 0 radical (unpaired) electrons. The van der Waals surface area contributed by atoms with Crippen LogP contribution in [0, 0.1) is 11.6 Å². The second-order valence-electron chi connectivity index (χ2n) is 9.21. The second-order valence-corrected chi connectivity index (χ2v) is 9.21. The first-order valence-electron chi connectivity index (χ1n) is 12.1. The summed E-state index contributed by atoms with van der Waals surface area (Å²) in [7, 11) is 0. The van der Waals surface area contributed by atoms with Gasteiger partial charge in [0.2, 0.25) is 0 Å². The van der Waals surface area contributed by atoms with Crippen molar-refractivity contribution >= 4 is 6.03 Å². The molecular formula is C29H27F2N3O2. The molecule has 0 unspecified atom stereocenters. The highest BCUT2D eigenvalue weighted by Crippen LogP contribution is 2.36. The molecule has 5 nitrogen and oxygen atoms in total. The number of piperidine rings is 1. The number of hydrogen-bond donors (Lipinski definition) is 1. The van der Waals surface area contributed by atoms with Gasteiger partial charge in [0.15, 0.2) is 5.60 Å². The summed E-state index contributed by atoms with van der Waals surface area (Å²) in [6, 6.07) is 20.8. The first kappa shape index (κ1) is 23.9. The summed E-state index contributed by atoms with van der Waals surface area (Å²) >= 11 is 0. The van der Waals surface area contributed by atoms with Gasteiger partial charge in [0.05, 0.1) is 5.69 Å². The molecule has 4 aromatic rings. The van der Waals surface area contributed by atoms with Crippen molar-refractivity contribution in [2.75, 3.05) is 6.54 Å². The molecule has 36 heavy (non-hydrogen) atoms. The smallest absolute Gasteiger partial charge is 0.329 e. The zero-order valence-corrected chi connectivity index (χ0v) is 19.7. The summed E-state index contributed by atoms with van der Waals surface area (Å²) < 4.78 is 28.7. The average molecular weight is 488 g/mol. The fourth-order valence-electron chi connectivity index (χ4n) is 4.96. The van der Waals surface area contributed by atoms with Crippen LogP contribution in [0.25, 0.3) is 0 Å². The molecule has 1 amide bonds. The van der Waals surface area contributed by atoms with Crippen molar-refractivity contribution in [3.05, 3.63) is 125 Å². The van der Waals surface area contributed by atoms with E-state index in [1.807, 2.05) is 23.1 Å². The van der Waals surface area contributed by atoms with Crippen molar-refractivity contribution in [1.82, 2.24) is 14.5 Å². The summed E-state index contributed by atoms with van der Waals surface area (Å²) in [6.45, 7) is 0.643. The molecule has 7 heteroatoms. The van der Waals surface area contributed by atoms with E-state index >= 15 is 0 Å². The summed E-state index contributed by atoms with van der Waals surface area (Å²) in [6.07, 6.45) is 6.56. The molecule has 1 aliphatic rings. The van der Waals surface area contributed by atoms with Gasteiger partial charge in [0.1, 0.15) is 18.0 Å². The molecule has 2 heterocycles. The van der Waals surface area contributed by atoms with Crippen LogP contribution in [0.1, 0.15) is 41.6 Å². The third-order valence-corrected chi connectivity index (χ3v) is 6.89. The van der Waals surface area contributed by atoms with E-state index in [0.29, 0.717) is 17.7 Å². The van der Waals surface area contributed by atoms with Crippen LogP contribution < -0.4 is 0 Å². The van der Waals surface area contributed by atoms with Gasteiger partial charge in [-0.2, -0.15) is 0 Å². The molecule has 0 spiro atoms. The summed E-state index contributed by atoms with van der Waals surface area (Å²) in [4.78, 5) is 19.8. The van der Waals surface area contributed by atoms with Gasteiger partial charge >= 0.3 is 6.03 Å². The number of aliphatic hydroxyl groups is 1. The Kier molecular flexibility index (Phi) is 6.65. The fourth-order valence-corrected chi connectivity index (χ4v) is 4.96. The van der Waals surface area contributed by atoms with E-state index < -0.39 is 17.2 Å². The van der Waals surface area contributed by atoms with Crippen LogP contribution >= 0.6 is 0 Å². The van der Waals surface area contributed by atoms with E-state index in [4.69, 9.17) is 0 Å². The van der Waals surface area contributed by atoms with Crippen molar-refractivity contribution < 1.29 is 18.7 Å². The Morgan fingerprint density at radius 1 is 0.917 bits per heavy atom. The Morgan fingerprint density at radius 2 is 1.53 bits per heavy atom. The first-order chi connectivity index (χ1) is 17.4. The first-order valence-corrected chi connectivity index (χ1v) is 12.1. The maximum Gasteiger partial charge on any atom is 0.329 e. The number of carbonyl (C=O) groups is 1. The van der Waals surface area contributed by atoms with Crippen LogP contribution in [0.5, 0.6) is 0 Å². The number of rotatable bonds is 5. The number of aromatic nitrogens is 2. The predicted octanol–water partition coefficient (Wildman–Crippen LogP) is 5.51. The fraction of sp³-hybridized carbons (Fsp3) is 0.241. The number of carbonyl (C=O) groups excluding carboxylic acids is 1. The monoisotopic (exact) mass is 487 g/mol. The van der Waals surface area contributed by atoms with Crippen molar-refractivity contribution in [1.29, 1.82) is 0 Å². The minimum atomic E-state index is -1.81. The lowest BCUT2D eigenvalue weighted by atomic mass is 9.84. The van der Waals surface area contributed by atoms with Crippen molar-refractivity contribution in [2.24, 2.45) is 0 Å². The lowest BCUT2D eigenvalue weighted by Crippen LogP contribution is -2.46. The van der Waals surface area contributed by atoms with Gasteiger partial charge in [0.25, 0.3) is 0 Å². The molecule has 0 saturated carbocycles. The second kappa shape index (κ2) is 10.0. The van der Waals surface area contributed by atoms with Crippen molar-refractivity contribution in [3.8, 4) is 0 Å². The van der Waals surface area contributed by atoms with Gasteiger partial charge in [0, 0.05) is 18.8 Å². The molecule has 5 rings (SSSR count). The number of nitrogens with zero attached hydrogens (tertiary/aromatic N) is 3. The van der Waals surface area contributed by atoms with Crippen molar-refractivity contribution in [3.63, 3.8) is 0 Å². The summed E-state index contributed by atoms with van der Waals surface area (Å²) in [5.41, 5.74) is 0.264. The molecule has 1 aromatic heterocycles. The zero-order valence-electron chi connectivity index (χ0n) is 19.7. The minimum Gasteiger partial charge on any atom is -0.374 e. The lowest BCUT2D eigenvalue weighted by Gasteiger charge is -2.35. The molecule has 1 atom stereocenters. The Morgan fingerprint density at radius 3 is 2.14 bits per heavy atom. The summed E-state index contributed by atoms with van der Waals surface area (Å²) in [5, 5.41) is 11.9. The average Bonchev–Trinajstić information content (AvgIpc) is 3.41. The van der Waals surface area contributed by atoms with Crippen molar-refractivity contribution in [2.45, 2.75) is 37.3 Å². The Balaban J connectivity index is 1.48. The van der Waals surface area contributed by atoms with Gasteiger partial charge in [-0.05, 0) is 66.6 Å². The van der Waals surface area contributed by atoms with Crippen LogP contribution in [0.2, 0.25) is 0 Å². The molecule has 0 bridgehead atoms. The summed E-state index contributed by atoms with van der Waals surface area (Å²) in [5.74, 6) is -0.897. The highest BCUT2D eigenvalue weighted by atomic mass is 19.1. The van der Waals surface area contributed by atoms with Gasteiger partial charge in [-0.3, -0.25) is 4.57 Å². The maximum atomic E-state index is 13.6. The van der Waals surface area contributed by atoms with E-state index in [0.717, 1.165) is 25.7 Å². The van der Waals surface area contributed by atoms with Crippen LogP contribution in [0.15, 0.2) is 91.4 Å². The molecule has 1 N–H and O–H groups in total. The number of halogens is 2. The molecule has 184 valence electrons. The van der Waals surface area contributed by atoms with E-state index in [1.165, 1.54) is 71.2 Å². The lowest BCUT2D eigenvalue weighted by molar-refractivity contribution is 0.121. The molecule has 3 aromatic carbocycles. The van der Waals surface area contributed by atoms with Gasteiger partial charge in [-0.1, -0.05) is 54.6 Å². The number of imidazole rings is 1. The van der Waals surface area contributed by atoms with Crippen LogP contribution in [0.4, 0.5) is 13.6 Å². The molecule has 1 fully saturated rings. The van der Waals surface area contributed by atoms with Crippen LogP contribution in [-0.4, -0.2) is 38.2 Å². The standard InChI is InChI=1S/C29H27F2N3O2/c30-24-13-9-22(10-14-24)29(36,23-11-15-25(31)16-12-23)27-19-33(20-32-27)28(35)34-17-5-4-8-26(34)18-21-6-2-1-3-7-21/h1-3,6-7,9-16,19-20,26,36H,4-5,8,17-18H2/t26-/m1/s1.